The Labute approximate surface area is 95.9 Å². The molecule has 1 nitrogen and oxygen atoms in total. The fourth-order valence-corrected chi connectivity index (χ4v) is 1.36. The molecule has 1 unspecified atom stereocenters. The highest BCUT2D eigenvalue weighted by Crippen LogP contribution is 2.27. The van der Waals surface area contributed by atoms with Crippen molar-refractivity contribution in [3.05, 3.63) is 12.7 Å². The number of hydrogen-bond acceptors (Lipinski definition) is 1. The first-order valence-corrected chi connectivity index (χ1v) is 6.14. The summed E-state index contributed by atoms with van der Waals surface area (Å²) in [6, 6.07) is 0. The Morgan fingerprint density at radius 3 is 2.13 bits per heavy atom. The molecule has 0 spiro atoms. The molecule has 0 aromatic carbocycles. The molecule has 0 aliphatic rings. The summed E-state index contributed by atoms with van der Waals surface area (Å²) < 4.78 is 5.99. The molecule has 1 atom stereocenters. The van der Waals surface area contributed by atoms with Gasteiger partial charge in [-0.25, -0.2) is 0 Å². The van der Waals surface area contributed by atoms with E-state index in [2.05, 4.69) is 41.2 Å². The minimum atomic E-state index is -0.00836. The van der Waals surface area contributed by atoms with Crippen molar-refractivity contribution < 1.29 is 4.74 Å². The molecule has 0 N–H and O–H groups in total. The van der Waals surface area contributed by atoms with Crippen LogP contribution in [0.4, 0.5) is 0 Å². The Morgan fingerprint density at radius 1 is 1.13 bits per heavy atom. The monoisotopic (exact) mass is 212 g/mol. The van der Waals surface area contributed by atoms with Gasteiger partial charge >= 0.3 is 0 Å². The van der Waals surface area contributed by atoms with Crippen LogP contribution < -0.4 is 0 Å². The Morgan fingerprint density at radius 2 is 1.73 bits per heavy atom. The van der Waals surface area contributed by atoms with Crippen LogP contribution in [-0.4, -0.2) is 12.2 Å². The maximum atomic E-state index is 5.99. The molecule has 15 heavy (non-hydrogen) atoms. The van der Waals surface area contributed by atoms with Crippen molar-refractivity contribution in [2.45, 2.75) is 65.9 Å². The van der Waals surface area contributed by atoms with Crippen molar-refractivity contribution in [1.29, 1.82) is 0 Å². The third-order valence-electron chi connectivity index (χ3n) is 3.51. The zero-order valence-corrected chi connectivity index (χ0v) is 11.2. The van der Waals surface area contributed by atoms with Gasteiger partial charge in [-0.1, -0.05) is 40.2 Å². The Hall–Kier alpha value is -0.300. The molecule has 0 saturated heterocycles. The Balaban J connectivity index is 3.96. The summed E-state index contributed by atoms with van der Waals surface area (Å²) in [6.45, 7) is 15.8. The van der Waals surface area contributed by atoms with Gasteiger partial charge in [0.15, 0.2) is 0 Å². The highest BCUT2D eigenvalue weighted by molar-refractivity contribution is 4.83. The van der Waals surface area contributed by atoms with E-state index in [0.29, 0.717) is 5.41 Å². The first-order valence-electron chi connectivity index (χ1n) is 6.14. The lowest BCUT2D eigenvalue weighted by atomic mass is 9.87. The van der Waals surface area contributed by atoms with Crippen molar-refractivity contribution in [1.82, 2.24) is 0 Å². The minimum Gasteiger partial charge on any atom is -0.375 e. The molecular weight excluding hydrogens is 184 g/mol. The largest absolute Gasteiger partial charge is 0.375 e. The fourth-order valence-electron chi connectivity index (χ4n) is 1.36. The van der Waals surface area contributed by atoms with Gasteiger partial charge in [0.1, 0.15) is 0 Å². The van der Waals surface area contributed by atoms with Gasteiger partial charge in [-0.3, -0.25) is 0 Å². The smallest absolute Gasteiger partial charge is 0.0686 e. The highest BCUT2D eigenvalue weighted by atomic mass is 16.5. The van der Waals surface area contributed by atoms with Crippen molar-refractivity contribution in [2.24, 2.45) is 5.41 Å². The van der Waals surface area contributed by atoms with Crippen LogP contribution in [0.15, 0.2) is 12.7 Å². The van der Waals surface area contributed by atoms with Gasteiger partial charge in [0.25, 0.3) is 0 Å². The molecule has 1 heteroatoms. The van der Waals surface area contributed by atoms with Gasteiger partial charge < -0.3 is 4.74 Å². The lowest BCUT2D eigenvalue weighted by Crippen LogP contribution is -2.29. The van der Waals surface area contributed by atoms with E-state index >= 15 is 0 Å². The lowest BCUT2D eigenvalue weighted by Gasteiger charge is -2.30. The van der Waals surface area contributed by atoms with Gasteiger partial charge in [0, 0.05) is 6.61 Å². The minimum absolute atomic E-state index is 0.00836. The second-order valence-electron chi connectivity index (χ2n) is 5.41. The van der Waals surface area contributed by atoms with E-state index < -0.39 is 0 Å². The molecule has 0 bridgehead atoms. The zero-order chi connectivity index (χ0) is 11.9. The van der Waals surface area contributed by atoms with Gasteiger partial charge in [-0.05, 0) is 31.6 Å². The quantitative estimate of drug-likeness (QED) is 0.535. The summed E-state index contributed by atoms with van der Waals surface area (Å²) in [4.78, 5) is 0. The van der Waals surface area contributed by atoms with Crippen LogP contribution in [0.25, 0.3) is 0 Å². The van der Waals surface area contributed by atoms with Crippen LogP contribution in [-0.2, 0) is 4.74 Å². The first kappa shape index (κ1) is 14.7. The maximum absolute atomic E-state index is 5.99. The van der Waals surface area contributed by atoms with E-state index in [4.69, 9.17) is 4.74 Å². The van der Waals surface area contributed by atoms with E-state index in [9.17, 15) is 0 Å². The fraction of sp³-hybridized carbons (Fsp3) is 0.857. The third kappa shape index (κ3) is 5.99. The van der Waals surface area contributed by atoms with E-state index in [1.165, 1.54) is 6.42 Å². The molecule has 0 saturated carbocycles. The Kier molecular flexibility index (Phi) is 6.19. The summed E-state index contributed by atoms with van der Waals surface area (Å²) in [5.41, 5.74) is 0.397. The lowest BCUT2D eigenvalue weighted by molar-refractivity contribution is -0.0426. The molecule has 0 aliphatic carbocycles. The predicted molar refractivity (Wildman–Crippen MR) is 68.2 cm³/mol. The standard InChI is InChI=1S/C14H28O/c1-7-10-14(6,9-3)15-12-11-13(4,5)8-2/h7H,1,8-12H2,2-6H3. The van der Waals surface area contributed by atoms with Gasteiger partial charge in [-0.2, -0.15) is 0 Å². The van der Waals surface area contributed by atoms with Crippen molar-refractivity contribution in [3.8, 4) is 0 Å². The van der Waals surface area contributed by atoms with Gasteiger partial charge in [-0.15, -0.1) is 6.58 Å². The molecule has 0 fully saturated rings. The van der Waals surface area contributed by atoms with Crippen LogP contribution in [0.1, 0.15) is 60.3 Å². The number of ether oxygens (including phenoxy) is 1. The zero-order valence-electron chi connectivity index (χ0n) is 11.2. The molecule has 0 aromatic heterocycles. The summed E-state index contributed by atoms with van der Waals surface area (Å²) in [7, 11) is 0. The van der Waals surface area contributed by atoms with Crippen LogP contribution in [0.3, 0.4) is 0 Å². The topological polar surface area (TPSA) is 9.23 Å². The van der Waals surface area contributed by atoms with Gasteiger partial charge in [0.2, 0.25) is 0 Å². The normalized spacial score (nSPS) is 16.1. The summed E-state index contributed by atoms with van der Waals surface area (Å²) in [5.74, 6) is 0. The predicted octanol–water partition coefficient (Wildman–Crippen LogP) is 4.57. The second-order valence-corrected chi connectivity index (χ2v) is 5.41. The van der Waals surface area contributed by atoms with E-state index in [-0.39, 0.29) is 5.60 Å². The molecule has 90 valence electrons. The molecular formula is C14H28O. The van der Waals surface area contributed by atoms with Crippen molar-refractivity contribution in [2.75, 3.05) is 6.61 Å². The molecule has 0 aromatic rings. The molecule has 0 aliphatic heterocycles. The maximum Gasteiger partial charge on any atom is 0.0686 e. The molecule has 0 radical (unpaired) electrons. The number of rotatable bonds is 8. The van der Waals surface area contributed by atoms with E-state index in [1.807, 2.05) is 6.08 Å². The third-order valence-corrected chi connectivity index (χ3v) is 3.51. The van der Waals surface area contributed by atoms with Crippen molar-refractivity contribution >= 4 is 0 Å². The molecule has 0 heterocycles. The average Bonchev–Trinajstić information content (AvgIpc) is 2.18. The highest BCUT2D eigenvalue weighted by Gasteiger charge is 2.22. The first-order chi connectivity index (χ1) is 6.89. The molecule has 0 rings (SSSR count). The van der Waals surface area contributed by atoms with Gasteiger partial charge in [0.05, 0.1) is 5.60 Å². The van der Waals surface area contributed by atoms with E-state index in [1.54, 1.807) is 0 Å². The molecule has 0 amide bonds. The average molecular weight is 212 g/mol. The second kappa shape index (κ2) is 6.32. The van der Waals surface area contributed by atoms with Crippen LogP contribution in [0, 0.1) is 5.41 Å². The SMILES string of the molecule is C=CCC(C)(CC)OCCC(C)(C)CC. The Bertz CT molecular complexity index is 184. The van der Waals surface area contributed by atoms with E-state index in [0.717, 1.165) is 25.9 Å². The summed E-state index contributed by atoms with van der Waals surface area (Å²) in [6.07, 6.45) is 6.28. The van der Waals surface area contributed by atoms with Crippen molar-refractivity contribution in [3.63, 3.8) is 0 Å². The van der Waals surface area contributed by atoms with Crippen LogP contribution in [0.2, 0.25) is 0 Å². The number of hydrogen-bond donors (Lipinski definition) is 0. The van der Waals surface area contributed by atoms with Crippen LogP contribution in [0.5, 0.6) is 0 Å². The summed E-state index contributed by atoms with van der Waals surface area (Å²) in [5, 5.41) is 0. The summed E-state index contributed by atoms with van der Waals surface area (Å²) >= 11 is 0. The van der Waals surface area contributed by atoms with Crippen LogP contribution >= 0.6 is 0 Å².